The molecule has 113 heavy (non-hydrogen) atoms. The van der Waals surface area contributed by atoms with Crippen molar-refractivity contribution < 1.29 is 75.8 Å². The molecule has 0 aliphatic carbocycles. The number of phosphoric acid groups is 2. The zero-order chi connectivity index (χ0) is 82.2. The van der Waals surface area contributed by atoms with Gasteiger partial charge in [-0.15, -0.1) is 0 Å². The molecule has 0 rings (SSSR count). The summed E-state index contributed by atoms with van der Waals surface area (Å²) >= 11 is 0. The van der Waals surface area contributed by atoms with E-state index in [0.29, 0.717) is 25.7 Å². The summed E-state index contributed by atoms with van der Waals surface area (Å²) in [5.74, 6) is -1.71. The molecule has 0 amide bonds. The van der Waals surface area contributed by atoms with Crippen LogP contribution >= 0.6 is 15.6 Å². The number of rotatable bonds is 81. The molecule has 642 valence electrons. The molecule has 16 nitrogen and oxygen atoms in total. The van der Waals surface area contributed by atoms with Crippen molar-refractivity contribution in [1.29, 1.82) is 0 Å². The molecule has 4 N–H and O–H groups in total. The Bertz CT molecular complexity index is 2830. The molecule has 0 aliphatic heterocycles. The zero-order valence-corrected chi connectivity index (χ0v) is 72.3. The van der Waals surface area contributed by atoms with Crippen LogP contribution in [0.5, 0.6) is 0 Å². The van der Waals surface area contributed by atoms with Crippen molar-refractivity contribution in [2.75, 3.05) is 39.6 Å². The number of hydrogen-bond donors (Lipinski definition) is 4. The predicted molar refractivity (Wildman–Crippen MR) is 472 cm³/mol. The Balaban J connectivity index is 4.57. The second kappa shape index (κ2) is 85.8. The number of phosphoric ester groups is 2. The van der Waals surface area contributed by atoms with Crippen LogP contribution in [0.15, 0.2) is 194 Å². The molecule has 0 spiro atoms. The van der Waals surface area contributed by atoms with Gasteiger partial charge in [-0.05, 0) is 154 Å². The van der Waals surface area contributed by atoms with Gasteiger partial charge >= 0.3 is 33.6 Å². The van der Waals surface area contributed by atoms with E-state index in [1.165, 1.54) is 128 Å². The highest BCUT2D eigenvalue weighted by molar-refractivity contribution is 7.47. The van der Waals surface area contributed by atoms with Crippen molar-refractivity contribution in [1.82, 2.24) is 0 Å². The van der Waals surface area contributed by atoms with Gasteiger partial charge in [-0.1, -0.05) is 350 Å². The lowest BCUT2D eigenvalue weighted by Gasteiger charge is -2.21. The first kappa shape index (κ1) is 107. The maximum Gasteiger partial charge on any atom is 0.472 e. The van der Waals surface area contributed by atoms with E-state index in [1.807, 2.05) is 18.2 Å². The number of esters is 3. The van der Waals surface area contributed by atoms with Gasteiger partial charge in [0.25, 0.3) is 0 Å². The van der Waals surface area contributed by atoms with E-state index < -0.39 is 91.5 Å². The standard InChI is InChI=1S/C95H156O16P2/c1-4-7-10-13-16-19-22-25-28-31-34-36-38-39-40-41-42-43-44-45-46-47-48-49-51-53-55-57-60-63-66-69-72-75-78-81-93(98)105-84-90(96)85-107-112(101,102)108-86-91(97)87-109-113(103,104)110-89-92(111-95(100)83-80-77-74-71-68-65-62-59-54-33-30-27-24-21-18-15-12-9-6-3)88-106-94(99)82-79-76-73-70-67-64-61-58-56-52-50-37-35-32-29-26-23-20-17-14-11-8-5-2/h8-9,11-12,16-21,25-30,34-37,39-40,52,54,56,59,61,64-65,68,74,77,90-92,96-97H,4-7,10,13-15,22-24,31-33,38,41-51,53,55,57-58,60,62-63,66-67,69-73,75-76,78-89H2,1-3H3,(H,101,102)(H,103,104)/b11-8-,12-9-,19-16-,20-17-,21-18-,28-25-,29-26-,30-27-,36-34-,37-35-,40-39-,56-52-,59-54-,64-61-,68-65-,77-74-. The summed E-state index contributed by atoms with van der Waals surface area (Å²) in [5.41, 5.74) is 0. The van der Waals surface area contributed by atoms with Crippen LogP contribution in [0.4, 0.5) is 0 Å². The molecule has 5 atom stereocenters. The average molecular weight is 1620 g/mol. The SMILES string of the molecule is CC/C=C\C/C=C\C/C=C\C/C=C\C/C=C\C/C=C\CCCCCCC(=O)OCC(COP(=O)(O)OCC(O)COP(=O)(O)OCC(O)COC(=O)CCCCCCCCCCCCCCCCCCCCC/C=C\C/C=C\C/C=C\C/C=C\CCCCC)OC(=O)CC/C=C\C/C=C\C/C=C\C/C=C\C/C=C\C/C=C\CC. The monoisotopic (exact) mass is 1620 g/mol. The van der Waals surface area contributed by atoms with Crippen LogP contribution in [-0.2, 0) is 55.8 Å². The summed E-state index contributed by atoms with van der Waals surface area (Å²) in [5, 5.41) is 20.7. The highest BCUT2D eigenvalue weighted by Gasteiger charge is 2.29. The lowest BCUT2D eigenvalue weighted by Crippen LogP contribution is -2.29. The van der Waals surface area contributed by atoms with E-state index in [0.717, 1.165) is 135 Å². The van der Waals surface area contributed by atoms with Crippen LogP contribution in [0.3, 0.4) is 0 Å². The second-order valence-corrected chi connectivity index (χ2v) is 31.5. The molecule has 0 aromatic rings. The van der Waals surface area contributed by atoms with E-state index in [1.54, 1.807) is 0 Å². The maximum absolute atomic E-state index is 13.0. The third-order valence-electron chi connectivity index (χ3n) is 17.8. The van der Waals surface area contributed by atoms with Crippen molar-refractivity contribution in [2.24, 2.45) is 0 Å². The molecule has 0 saturated carbocycles. The van der Waals surface area contributed by atoms with Gasteiger partial charge in [0.05, 0.1) is 26.4 Å². The summed E-state index contributed by atoms with van der Waals surface area (Å²) in [7, 11) is -9.85. The summed E-state index contributed by atoms with van der Waals surface area (Å²) in [6.07, 6.45) is 114. The fourth-order valence-electron chi connectivity index (χ4n) is 11.2. The Kier molecular flexibility index (Phi) is 81.5. The number of hydrogen-bond acceptors (Lipinski definition) is 14. The zero-order valence-electron chi connectivity index (χ0n) is 70.5. The topological polar surface area (TPSA) is 231 Å². The molecule has 18 heteroatoms. The molecule has 0 aliphatic rings. The highest BCUT2D eigenvalue weighted by atomic mass is 31.2. The first-order valence-corrected chi connectivity index (χ1v) is 46.7. The quantitative estimate of drug-likeness (QED) is 0.0146. The van der Waals surface area contributed by atoms with Gasteiger partial charge in [-0.2, -0.15) is 0 Å². The molecular weight excluding hydrogens is 1460 g/mol. The summed E-state index contributed by atoms with van der Waals surface area (Å²) in [6.45, 7) is 2.31. The van der Waals surface area contributed by atoms with E-state index in [9.17, 15) is 43.5 Å². The van der Waals surface area contributed by atoms with E-state index >= 15 is 0 Å². The Morgan fingerprint density at radius 2 is 0.487 bits per heavy atom. The number of aliphatic hydroxyl groups excluding tert-OH is 2. The molecule has 0 bridgehead atoms. The van der Waals surface area contributed by atoms with Crippen molar-refractivity contribution in [3.63, 3.8) is 0 Å². The van der Waals surface area contributed by atoms with Gasteiger partial charge in [0.1, 0.15) is 25.4 Å². The molecule has 0 aromatic heterocycles. The minimum absolute atomic E-state index is 0.0343. The Hall–Kier alpha value is -5.61. The van der Waals surface area contributed by atoms with E-state index in [-0.39, 0.29) is 19.3 Å². The third kappa shape index (κ3) is 87.1. The third-order valence-corrected chi connectivity index (χ3v) is 19.7. The smallest absolute Gasteiger partial charge is 0.463 e. The molecule has 0 fully saturated rings. The summed E-state index contributed by atoms with van der Waals surface area (Å²) in [6, 6.07) is 0. The number of aliphatic hydroxyl groups is 2. The second-order valence-electron chi connectivity index (χ2n) is 28.6. The molecule has 0 saturated heterocycles. The Labute approximate surface area is 687 Å². The lowest BCUT2D eigenvalue weighted by atomic mass is 10.0. The van der Waals surface area contributed by atoms with Gasteiger partial charge in [0.15, 0.2) is 6.10 Å². The van der Waals surface area contributed by atoms with E-state index in [4.69, 9.17) is 32.3 Å². The minimum Gasteiger partial charge on any atom is -0.463 e. The summed E-state index contributed by atoms with van der Waals surface area (Å²) < 4.78 is 61.2. The predicted octanol–water partition coefficient (Wildman–Crippen LogP) is 26.7. The van der Waals surface area contributed by atoms with Gasteiger partial charge in [0, 0.05) is 19.3 Å². The molecular formula is C95H156O16P2. The number of ether oxygens (including phenoxy) is 3. The maximum atomic E-state index is 13.0. The van der Waals surface area contributed by atoms with Gasteiger partial charge in [0.2, 0.25) is 0 Å². The molecule has 0 heterocycles. The number of carbonyl (C=O) groups is 3. The first-order chi connectivity index (χ1) is 55.2. The van der Waals surface area contributed by atoms with Crippen LogP contribution in [0.1, 0.15) is 329 Å². The number of unbranched alkanes of at least 4 members (excludes halogenated alkanes) is 26. The van der Waals surface area contributed by atoms with Crippen LogP contribution in [0.2, 0.25) is 0 Å². The van der Waals surface area contributed by atoms with Crippen LogP contribution in [0, 0.1) is 0 Å². The van der Waals surface area contributed by atoms with Gasteiger partial charge in [-0.3, -0.25) is 32.5 Å². The molecule has 0 radical (unpaired) electrons. The van der Waals surface area contributed by atoms with Crippen LogP contribution < -0.4 is 0 Å². The minimum atomic E-state index is -4.97. The lowest BCUT2D eigenvalue weighted by molar-refractivity contribution is -0.161. The first-order valence-electron chi connectivity index (χ1n) is 43.7. The highest BCUT2D eigenvalue weighted by Crippen LogP contribution is 2.45. The van der Waals surface area contributed by atoms with Crippen molar-refractivity contribution in [3.05, 3.63) is 194 Å². The molecule has 5 unspecified atom stereocenters. The average Bonchev–Trinajstić information content (AvgIpc) is 0.902. The van der Waals surface area contributed by atoms with Crippen molar-refractivity contribution in [2.45, 2.75) is 347 Å². The van der Waals surface area contributed by atoms with Crippen molar-refractivity contribution in [3.8, 4) is 0 Å². The Morgan fingerprint density at radius 1 is 0.257 bits per heavy atom. The largest absolute Gasteiger partial charge is 0.472 e. The van der Waals surface area contributed by atoms with Gasteiger partial charge in [-0.25, -0.2) is 9.13 Å². The van der Waals surface area contributed by atoms with Crippen molar-refractivity contribution >= 4 is 33.6 Å². The Morgan fingerprint density at radius 3 is 0.779 bits per heavy atom. The molecule has 0 aromatic carbocycles. The fourth-order valence-corrected chi connectivity index (χ4v) is 12.8. The number of carbonyl (C=O) groups excluding carboxylic acids is 3. The van der Waals surface area contributed by atoms with Crippen LogP contribution in [-0.4, -0.2) is 95.9 Å². The summed E-state index contributed by atoms with van der Waals surface area (Å²) in [4.78, 5) is 58.8. The van der Waals surface area contributed by atoms with Gasteiger partial charge < -0.3 is 34.2 Å². The number of allylic oxidation sites excluding steroid dienone is 32. The van der Waals surface area contributed by atoms with E-state index in [2.05, 4.69) is 197 Å². The normalized spacial score (nSPS) is 14.8. The fraction of sp³-hybridized carbons (Fsp3) is 0.632. The van der Waals surface area contributed by atoms with Crippen LogP contribution in [0.25, 0.3) is 0 Å².